The first kappa shape index (κ1) is 16.7. The Kier molecular flexibility index (Phi) is 4.83. The number of nitrogens with one attached hydrogen (secondary N) is 1. The molecule has 1 N–H and O–H groups in total. The number of hydrogen-bond acceptors (Lipinski definition) is 3. The van der Waals surface area contributed by atoms with Crippen LogP contribution in [0.2, 0.25) is 0 Å². The van der Waals surface area contributed by atoms with Crippen molar-refractivity contribution in [1.29, 1.82) is 0 Å². The van der Waals surface area contributed by atoms with Crippen molar-refractivity contribution in [1.82, 2.24) is 15.0 Å². The van der Waals surface area contributed by atoms with Gasteiger partial charge in [0.2, 0.25) is 0 Å². The summed E-state index contributed by atoms with van der Waals surface area (Å²) in [5, 5.41) is 3.79. The van der Waals surface area contributed by atoms with E-state index in [0.717, 1.165) is 4.57 Å². The Labute approximate surface area is 130 Å². The lowest BCUT2D eigenvalue weighted by atomic mass is 10.2. The molecule has 122 valence electrons. The third-order valence-corrected chi connectivity index (χ3v) is 3.26. The van der Waals surface area contributed by atoms with Crippen molar-refractivity contribution in [2.45, 2.75) is 26.6 Å². The van der Waals surface area contributed by atoms with Crippen LogP contribution in [0.4, 0.5) is 13.2 Å². The molecule has 0 aliphatic heterocycles. The number of aryl methyl sites for hydroxylation is 1. The molecule has 23 heavy (non-hydrogen) atoms. The molecule has 0 spiro atoms. The second-order valence-corrected chi connectivity index (χ2v) is 4.96. The van der Waals surface area contributed by atoms with E-state index in [1.165, 1.54) is 30.7 Å². The standard InChI is InChI=1S/C15H15F3N4O/c1-10-7-13(11(2)22(10)9-15(16,17)18)8-20-21-14(23)12-3-5-19-6-4-12/h3-8H,9H2,1-2H3,(H,21,23)/b20-8-. The largest absolute Gasteiger partial charge is 0.406 e. The van der Waals surface area contributed by atoms with Gasteiger partial charge < -0.3 is 4.57 Å². The van der Waals surface area contributed by atoms with Crippen LogP contribution in [0, 0.1) is 13.8 Å². The van der Waals surface area contributed by atoms with Crippen LogP contribution in [0.5, 0.6) is 0 Å². The van der Waals surface area contributed by atoms with E-state index in [4.69, 9.17) is 0 Å². The summed E-state index contributed by atoms with van der Waals surface area (Å²) in [5.41, 5.74) is 4.13. The molecule has 2 rings (SSSR count). The fraction of sp³-hybridized carbons (Fsp3) is 0.267. The van der Waals surface area contributed by atoms with Crippen LogP contribution in [-0.4, -0.2) is 27.8 Å². The summed E-state index contributed by atoms with van der Waals surface area (Å²) < 4.78 is 38.8. The third kappa shape index (κ3) is 4.41. The molecule has 1 amide bonds. The van der Waals surface area contributed by atoms with Crippen LogP contribution >= 0.6 is 0 Å². The molecular formula is C15H15F3N4O. The fourth-order valence-corrected chi connectivity index (χ4v) is 2.11. The van der Waals surface area contributed by atoms with Gasteiger partial charge in [-0.1, -0.05) is 0 Å². The highest BCUT2D eigenvalue weighted by atomic mass is 19.4. The summed E-state index contributed by atoms with van der Waals surface area (Å²) >= 11 is 0. The van der Waals surface area contributed by atoms with Gasteiger partial charge in [-0.05, 0) is 32.0 Å². The number of amides is 1. The van der Waals surface area contributed by atoms with Gasteiger partial charge in [0.05, 0.1) is 6.21 Å². The molecule has 5 nitrogen and oxygen atoms in total. The number of nitrogens with zero attached hydrogens (tertiary/aromatic N) is 3. The lowest BCUT2D eigenvalue weighted by Gasteiger charge is -2.12. The first-order chi connectivity index (χ1) is 10.8. The number of carbonyl (C=O) groups is 1. The molecule has 2 aromatic rings. The Morgan fingerprint density at radius 1 is 1.35 bits per heavy atom. The number of aromatic nitrogens is 2. The number of alkyl halides is 3. The van der Waals surface area contributed by atoms with Crippen LogP contribution in [0.3, 0.4) is 0 Å². The van der Waals surface area contributed by atoms with Crippen LogP contribution in [-0.2, 0) is 6.54 Å². The Hall–Kier alpha value is -2.64. The minimum Gasteiger partial charge on any atom is -0.339 e. The Morgan fingerprint density at radius 2 is 2.00 bits per heavy atom. The lowest BCUT2D eigenvalue weighted by Crippen LogP contribution is -2.19. The van der Waals surface area contributed by atoms with Gasteiger partial charge >= 0.3 is 6.18 Å². The van der Waals surface area contributed by atoms with Crippen molar-refractivity contribution in [3.8, 4) is 0 Å². The molecule has 0 radical (unpaired) electrons. The van der Waals surface area contributed by atoms with Gasteiger partial charge in [-0.3, -0.25) is 9.78 Å². The highest BCUT2D eigenvalue weighted by molar-refractivity contribution is 5.94. The Balaban J connectivity index is 2.09. The van der Waals surface area contributed by atoms with Gasteiger partial charge in [0.25, 0.3) is 5.91 Å². The molecule has 0 saturated carbocycles. The fourth-order valence-electron chi connectivity index (χ4n) is 2.11. The average molecular weight is 324 g/mol. The highest BCUT2D eigenvalue weighted by Gasteiger charge is 2.29. The van der Waals surface area contributed by atoms with Crippen molar-refractivity contribution < 1.29 is 18.0 Å². The molecule has 0 aromatic carbocycles. The average Bonchev–Trinajstić information content (AvgIpc) is 2.74. The smallest absolute Gasteiger partial charge is 0.339 e. The number of carbonyl (C=O) groups excluding carboxylic acids is 1. The summed E-state index contributed by atoms with van der Waals surface area (Å²) in [6, 6.07) is 4.64. The van der Waals surface area contributed by atoms with Gasteiger partial charge in [0, 0.05) is 34.9 Å². The van der Waals surface area contributed by atoms with E-state index in [-0.39, 0.29) is 0 Å². The molecule has 0 aliphatic rings. The maximum atomic E-state index is 12.5. The molecule has 8 heteroatoms. The second-order valence-electron chi connectivity index (χ2n) is 4.96. The van der Waals surface area contributed by atoms with E-state index in [1.807, 2.05) is 0 Å². The Morgan fingerprint density at radius 3 is 2.61 bits per heavy atom. The van der Waals surface area contributed by atoms with Crippen LogP contribution in [0.1, 0.15) is 27.3 Å². The summed E-state index contributed by atoms with van der Waals surface area (Å²) in [5.74, 6) is -0.423. The molecule has 0 aliphatic carbocycles. The van der Waals surface area contributed by atoms with Crippen LogP contribution < -0.4 is 5.43 Å². The summed E-state index contributed by atoms with van der Waals surface area (Å²) in [6.07, 6.45) is -0.0143. The number of hydrazone groups is 1. The minimum absolute atomic E-state index is 0.389. The maximum Gasteiger partial charge on any atom is 0.406 e. The summed E-state index contributed by atoms with van der Waals surface area (Å²) in [7, 11) is 0. The highest BCUT2D eigenvalue weighted by Crippen LogP contribution is 2.22. The van der Waals surface area contributed by atoms with E-state index < -0.39 is 18.6 Å². The summed E-state index contributed by atoms with van der Waals surface area (Å²) in [6.45, 7) is 2.11. The first-order valence-corrected chi connectivity index (χ1v) is 6.75. The summed E-state index contributed by atoms with van der Waals surface area (Å²) in [4.78, 5) is 15.6. The van der Waals surface area contributed by atoms with E-state index in [9.17, 15) is 18.0 Å². The molecule has 0 saturated heterocycles. The quantitative estimate of drug-likeness (QED) is 0.694. The van der Waals surface area contributed by atoms with E-state index >= 15 is 0 Å². The predicted molar refractivity (Wildman–Crippen MR) is 79.3 cm³/mol. The third-order valence-electron chi connectivity index (χ3n) is 3.26. The zero-order valence-corrected chi connectivity index (χ0v) is 12.6. The monoisotopic (exact) mass is 324 g/mol. The molecule has 0 atom stereocenters. The van der Waals surface area contributed by atoms with Gasteiger partial charge in [0.1, 0.15) is 6.54 Å². The number of rotatable bonds is 4. The van der Waals surface area contributed by atoms with Crippen molar-refractivity contribution >= 4 is 12.1 Å². The van der Waals surface area contributed by atoms with Crippen molar-refractivity contribution in [2.24, 2.45) is 5.10 Å². The van der Waals surface area contributed by atoms with E-state index in [2.05, 4.69) is 15.5 Å². The van der Waals surface area contributed by atoms with E-state index in [1.54, 1.807) is 19.9 Å². The number of halogens is 3. The SMILES string of the molecule is Cc1cc(/C=N\NC(=O)c2ccncc2)c(C)n1CC(F)(F)F. The molecular weight excluding hydrogens is 309 g/mol. The van der Waals surface area contributed by atoms with Crippen molar-refractivity contribution in [3.63, 3.8) is 0 Å². The molecule has 0 unspecified atom stereocenters. The Bertz CT molecular complexity index is 720. The molecule has 2 heterocycles. The topological polar surface area (TPSA) is 59.3 Å². The maximum absolute atomic E-state index is 12.5. The lowest BCUT2D eigenvalue weighted by molar-refractivity contribution is -0.141. The molecule has 0 fully saturated rings. The van der Waals surface area contributed by atoms with Gasteiger partial charge in [-0.2, -0.15) is 18.3 Å². The zero-order chi connectivity index (χ0) is 17.0. The zero-order valence-electron chi connectivity index (χ0n) is 12.6. The van der Waals surface area contributed by atoms with Crippen LogP contribution in [0.15, 0.2) is 35.7 Å². The van der Waals surface area contributed by atoms with Gasteiger partial charge in [-0.15, -0.1) is 0 Å². The predicted octanol–water partition coefficient (Wildman–Crippen LogP) is 2.83. The molecule has 0 bridgehead atoms. The van der Waals surface area contributed by atoms with Crippen LogP contribution in [0.25, 0.3) is 0 Å². The normalized spacial score (nSPS) is 11.9. The minimum atomic E-state index is -4.29. The second kappa shape index (κ2) is 6.64. The van der Waals surface area contributed by atoms with Gasteiger partial charge in [0.15, 0.2) is 0 Å². The van der Waals surface area contributed by atoms with Gasteiger partial charge in [-0.25, -0.2) is 5.43 Å². The van der Waals surface area contributed by atoms with Crippen molar-refractivity contribution in [2.75, 3.05) is 0 Å². The van der Waals surface area contributed by atoms with E-state index in [0.29, 0.717) is 22.5 Å². The first-order valence-electron chi connectivity index (χ1n) is 6.75. The van der Waals surface area contributed by atoms with Crippen molar-refractivity contribution in [3.05, 3.63) is 53.1 Å². The number of pyridine rings is 1. The molecule has 2 aromatic heterocycles. The number of hydrogen-bond donors (Lipinski definition) is 1.